The molecule has 7 heteroatoms. The molecule has 3 aromatic rings. The lowest BCUT2D eigenvalue weighted by atomic mass is 10.2. The van der Waals surface area contributed by atoms with Gasteiger partial charge >= 0.3 is 0 Å². The Labute approximate surface area is 158 Å². The number of hydrogen-bond acceptors (Lipinski definition) is 5. The second kappa shape index (κ2) is 8.69. The first-order valence-electron chi connectivity index (χ1n) is 7.75. The molecule has 1 heterocycles. The van der Waals surface area contributed by atoms with Gasteiger partial charge in [-0.2, -0.15) is 0 Å². The van der Waals surface area contributed by atoms with E-state index in [4.69, 9.17) is 16.4 Å². The van der Waals surface area contributed by atoms with Crippen LogP contribution in [-0.4, -0.2) is 17.0 Å². The number of oxime groups is 1. The zero-order valence-electron chi connectivity index (χ0n) is 13.6. The predicted molar refractivity (Wildman–Crippen MR) is 101 cm³/mol. The molecule has 0 radical (unpaired) electrons. The Hall–Kier alpha value is -2.57. The summed E-state index contributed by atoms with van der Waals surface area (Å²) >= 11 is 7.24. The molecule has 26 heavy (non-hydrogen) atoms. The van der Waals surface area contributed by atoms with Gasteiger partial charge in [-0.3, -0.25) is 4.79 Å². The molecule has 0 atom stereocenters. The molecule has 0 bridgehead atoms. The van der Waals surface area contributed by atoms with Crippen molar-refractivity contribution in [3.63, 3.8) is 0 Å². The Bertz CT molecular complexity index is 928. The van der Waals surface area contributed by atoms with Gasteiger partial charge in [0.1, 0.15) is 17.4 Å². The third kappa shape index (κ3) is 4.74. The van der Waals surface area contributed by atoms with Crippen LogP contribution in [0.4, 0.5) is 4.39 Å². The molecular formula is C19H14ClFN2O2S. The molecule has 3 rings (SSSR count). The summed E-state index contributed by atoms with van der Waals surface area (Å²) in [6.07, 6.45) is 3.07. The minimum Gasteiger partial charge on any atom is -0.391 e. The maximum Gasteiger partial charge on any atom is 0.179 e. The summed E-state index contributed by atoms with van der Waals surface area (Å²) in [5.74, 6) is -0.496. The highest BCUT2D eigenvalue weighted by Crippen LogP contribution is 2.25. The van der Waals surface area contributed by atoms with E-state index in [0.717, 1.165) is 10.6 Å². The predicted octanol–water partition coefficient (Wildman–Crippen LogP) is 5.38. The molecule has 4 nitrogen and oxygen atoms in total. The molecular weight excluding hydrogens is 375 g/mol. The maximum absolute atomic E-state index is 13.0. The van der Waals surface area contributed by atoms with Crippen LogP contribution in [0, 0.1) is 5.82 Å². The van der Waals surface area contributed by atoms with Gasteiger partial charge in [0.15, 0.2) is 5.78 Å². The Morgan fingerprint density at radius 2 is 2.08 bits per heavy atom. The van der Waals surface area contributed by atoms with E-state index >= 15 is 0 Å². The zero-order valence-corrected chi connectivity index (χ0v) is 15.1. The fraction of sp³-hybridized carbons (Fsp3) is 0.105. The molecule has 0 saturated carbocycles. The van der Waals surface area contributed by atoms with Crippen molar-refractivity contribution in [2.75, 3.05) is 0 Å². The standard InChI is InChI=1S/C19H14ClFN2O2S/c20-16-10-15(21)7-6-14(16)12-25-23-9-8-17(24)18-11-22-19(26-18)13-4-2-1-3-5-13/h1-7,9-11H,8,12H2. The van der Waals surface area contributed by atoms with Crippen LogP contribution in [-0.2, 0) is 11.4 Å². The van der Waals surface area contributed by atoms with E-state index in [1.807, 2.05) is 30.3 Å². The van der Waals surface area contributed by atoms with Gasteiger partial charge in [-0.1, -0.05) is 53.2 Å². The van der Waals surface area contributed by atoms with Crippen LogP contribution in [0.2, 0.25) is 5.02 Å². The van der Waals surface area contributed by atoms with E-state index in [1.54, 1.807) is 6.20 Å². The van der Waals surface area contributed by atoms with Crippen LogP contribution in [0.15, 0.2) is 59.9 Å². The van der Waals surface area contributed by atoms with Gasteiger partial charge in [0.05, 0.1) is 22.5 Å². The third-order valence-electron chi connectivity index (χ3n) is 3.46. The number of benzene rings is 2. The van der Waals surface area contributed by atoms with Crippen molar-refractivity contribution in [2.45, 2.75) is 13.0 Å². The molecule has 0 unspecified atom stereocenters. The van der Waals surface area contributed by atoms with Crippen molar-refractivity contribution in [1.82, 2.24) is 4.98 Å². The minimum atomic E-state index is -0.410. The SMILES string of the molecule is O=C(CC=NOCc1ccc(F)cc1Cl)c1cnc(-c2ccccc2)s1. The number of halogens is 2. The normalized spacial score (nSPS) is 11.0. The number of ketones is 1. The number of hydrogen-bond donors (Lipinski definition) is 0. The first-order valence-corrected chi connectivity index (χ1v) is 8.95. The molecule has 0 fully saturated rings. The Kier molecular flexibility index (Phi) is 6.09. The second-order valence-electron chi connectivity index (χ2n) is 5.32. The van der Waals surface area contributed by atoms with E-state index in [1.165, 1.54) is 35.8 Å². The number of carbonyl (C=O) groups excluding carboxylic acids is 1. The van der Waals surface area contributed by atoms with Gasteiger partial charge in [-0.05, 0) is 12.1 Å². The number of Topliss-reactive ketones (excluding diaryl/α,β-unsaturated/α-hetero) is 1. The number of carbonyl (C=O) groups is 1. The molecule has 132 valence electrons. The van der Waals surface area contributed by atoms with Gasteiger partial charge in [0.2, 0.25) is 0 Å². The summed E-state index contributed by atoms with van der Waals surface area (Å²) in [6.45, 7) is 0.0997. The van der Waals surface area contributed by atoms with Crippen molar-refractivity contribution in [3.05, 3.63) is 76.0 Å². The first kappa shape index (κ1) is 18.2. The fourth-order valence-electron chi connectivity index (χ4n) is 2.14. The summed E-state index contributed by atoms with van der Waals surface area (Å²) in [4.78, 5) is 22.1. The molecule has 1 aromatic heterocycles. The van der Waals surface area contributed by atoms with E-state index in [0.29, 0.717) is 10.4 Å². The van der Waals surface area contributed by atoms with Crippen LogP contribution in [0.1, 0.15) is 21.7 Å². The lowest BCUT2D eigenvalue weighted by Gasteiger charge is -2.02. The van der Waals surface area contributed by atoms with E-state index in [9.17, 15) is 9.18 Å². The fourth-order valence-corrected chi connectivity index (χ4v) is 3.23. The molecule has 0 aliphatic carbocycles. The summed E-state index contributed by atoms with van der Waals surface area (Å²) in [5.41, 5.74) is 1.59. The Morgan fingerprint density at radius 3 is 2.85 bits per heavy atom. The molecule has 0 saturated heterocycles. The van der Waals surface area contributed by atoms with Crippen LogP contribution < -0.4 is 0 Å². The van der Waals surface area contributed by atoms with Crippen molar-refractivity contribution < 1.29 is 14.0 Å². The Balaban J connectivity index is 1.51. The molecule has 0 N–H and O–H groups in total. The minimum absolute atomic E-state index is 0.0863. The number of rotatable bonds is 7. The average molecular weight is 389 g/mol. The van der Waals surface area contributed by atoms with Crippen molar-refractivity contribution in [1.29, 1.82) is 0 Å². The molecule has 2 aromatic carbocycles. The summed E-state index contributed by atoms with van der Waals surface area (Å²) in [6, 6.07) is 13.7. The van der Waals surface area contributed by atoms with Crippen molar-refractivity contribution >= 4 is 34.9 Å². The second-order valence-corrected chi connectivity index (χ2v) is 6.76. The Morgan fingerprint density at radius 1 is 1.27 bits per heavy atom. The van der Waals surface area contributed by atoms with Crippen molar-refractivity contribution in [2.24, 2.45) is 5.16 Å². The molecule has 0 spiro atoms. The highest BCUT2D eigenvalue weighted by molar-refractivity contribution is 7.17. The van der Waals surface area contributed by atoms with Gasteiger partial charge in [0, 0.05) is 17.3 Å². The summed E-state index contributed by atoms with van der Waals surface area (Å²) < 4.78 is 13.0. The molecule has 0 aliphatic heterocycles. The number of nitrogens with zero attached hydrogens (tertiary/aromatic N) is 2. The summed E-state index contributed by atoms with van der Waals surface area (Å²) in [7, 11) is 0. The molecule has 0 aliphatic rings. The topological polar surface area (TPSA) is 51.5 Å². The van der Waals surface area contributed by atoms with E-state index in [-0.39, 0.29) is 23.8 Å². The maximum atomic E-state index is 13.0. The van der Waals surface area contributed by atoms with E-state index < -0.39 is 5.82 Å². The van der Waals surface area contributed by atoms with Gasteiger partial charge in [0.25, 0.3) is 0 Å². The number of thiazole rings is 1. The quantitative estimate of drug-likeness (QED) is 0.310. The summed E-state index contributed by atoms with van der Waals surface area (Å²) in [5, 5.41) is 4.82. The lowest BCUT2D eigenvalue weighted by molar-refractivity contribution is 0.0999. The zero-order chi connectivity index (χ0) is 18.4. The van der Waals surface area contributed by atoms with Gasteiger partial charge in [-0.25, -0.2) is 9.37 Å². The van der Waals surface area contributed by atoms with Gasteiger partial charge in [-0.15, -0.1) is 11.3 Å². The van der Waals surface area contributed by atoms with Crippen LogP contribution in [0.3, 0.4) is 0 Å². The van der Waals surface area contributed by atoms with E-state index in [2.05, 4.69) is 10.1 Å². The largest absolute Gasteiger partial charge is 0.391 e. The highest BCUT2D eigenvalue weighted by atomic mass is 35.5. The van der Waals surface area contributed by atoms with Crippen LogP contribution in [0.25, 0.3) is 10.6 Å². The highest BCUT2D eigenvalue weighted by Gasteiger charge is 2.10. The van der Waals surface area contributed by atoms with Gasteiger partial charge < -0.3 is 4.84 Å². The third-order valence-corrected chi connectivity index (χ3v) is 4.90. The first-order chi connectivity index (χ1) is 12.6. The van der Waals surface area contributed by atoms with Crippen LogP contribution >= 0.6 is 22.9 Å². The molecule has 0 amide bonds. The van der Waals surface area contributed by atoms with Crippen molar-refractivity contribution in [3.8, 4) is 10.6 Å². The average Bonchev–Trinajstić information content (AvgIpc) is 3.14. The monoisotopic (exact) mass is 388 g/mol. The van der Waals surface area contributed by atoms with Crippen LogP contribution in [0.5, 0.6) is 0 Å². The number of aromatic nitrogens is 1. The smallest absolute Gasteiger partial charge is 0.179 e. The lowest BCUT2D eigenvalue weighted by Crippen LogP contribution is -1.97.